The van der Waals surface area contributed by atoms with Crippen LogP contribution in [0.3, 0.4) is 0 Å². The quantitative estimate of drug-likeness (QED) is 0.518. The molecule has 2 fully saturated rings. The molecule has 0 unspecified atom stereocenters. The van der Waals surface area contributed by atoms with Crippen LogP contribution in [-0.4, -0.2) is 12.1 Å². The van der Waals surface area contributed by atoms with Gasteiger partial charge in [-0.15, -0.1) is 0 Å². The van der Waals surface area contributed by atoms with E-state index >= 15 is 0 Å². The largest absolute Gasteiger partial charge is 0.311 e. The molecule has 2 rings (SSSR count). The Bertz CT molecular complexity index is 118. The summed E-state index contributed by atoms with van der Waals surface area (Å²) in [5.41, 5.74) is 0.545. The van der Waals surface area contributed by atoms with Crippen LogP contribution in [0.2, 0.25) is 0 Å². The molecule has 9 heavy (non-hydrogen) atoms. The van der Waals surface area contributed by atoms with E-state index in [1.165, 1.54) is 32.2 Å². The molecule has 0 radical (unpaired) electrons. The summed E-state index contributed by atoms with van der Waals surface area (Å²) in [6.07, 6.45) is 5.77. The Balaban J connectivity index is 2.13. The molecule has 2 atom stereocenters. The number of rotatable bonds is 0. The normalized spacial score (nSPS) is 49.7. The lowest BCUT2D eigenvalue weighted by molar-refractivity contribution is 0.308. The van der Waals surface area contributed by atoms with Gasteiger partial charge in [-0.2, -0.15) is 0 Å². The Hall–Kier alpha value is -0.0400. The second-order valence-corrected chi connectivity index (χ2v) is 3.90. The molecule has 1 saturated heterocycles. The van der Waals surface area contributed by atoms with Gasteiger partial charge in [-0.3, -0.25) is 0 Å². The first-order chi connectivity index (χ1) is 4.29. The van der Waals surface area contributed by atoms with E-state index in [-0.39, 0.29) is 0 Å². The van der Waals surface area contributed by atoms with E-state index in [1.54, 1.807) is 0 Å². The molecule has 0 aromatic heterocycles. The molecule has 0 amide bonds. The van der Waals surface area contributed by atoms with E-state index in [1.807, 2.05) is 0 Å². The lowest BCUT2D eigenvalue weighted by Gasteiger charge is -2.28. The molecule has 0 spiro atoms. The van der Waals surface area contributed by atoms with Gasteiger partial charge in [0.2, 0.25) is 0 Å². The highest BCUT2D eigenvalue weighted by Crippen LogP contribution is 2.36. The molecule has 0 aromatic carbocycles. The van der Waals surface area contributed by atoms with Crippen LogP contribution < -0.4 is 5.32 Å². The zero-order valence-corrected chi connectivity index (χ0v) is 6.11. The first kappa shape index (κ1) is 5.72. The van der Waals surface area contributed by atoms with Crippen LogP contribution in [0.15, 0.2) is 0 Å². The minimum Gasteiger partial charge on any atom is -0.311 e. The highest BCUT2D eigenvalue weighted by Gasteiger charge is 2.37. The summed E-state index contributed by atoms with van der Waals surface area (Å²) in [5, 5.41) is 3.59. The summed E-state index contributed by atoms with van der Waals surface area (Å²) < 4.78 is 0. The minimum atomic E-state index is 0.545. The van der Waals surface area contributed by atoms with Crippen molar-refractivity contribution in [1.82, 2.24) is 5.32 Å². The van der Waals surface area contributed by atoms with Crippen molar-refractivity contribution in [2.75, 3.05) is 6.54 Å². The lowest BCUT2D eigenvalue weighted by atomic mass is 9.82. The molecule has 1 heteroatoms. The van der Waals surface area contributed by atoms with Gasteiger partial charge in [0.15, 0.2) is 0 Å². The summed E-state index contributed by atoms with van der Waals surface area (Å²) >= 11 is 0. The van der Waals surface area contributed by atoms with Crippen LogP contribution in [-0.2, 0) is 0 Å². The topological polar surface area (TPSA) is 12.0 Å². The maximum Gasteiger partial charge on any atom is 0.0156 e. The van der Waals surface area contributed by atoms with Crippen molar-refractivity contribution in [2.24, 2.45) is 5.92 Å². The third-order valence-electron chi connectivity index (χ3n) is 2.90. The molecule has 0 aromatic rings. The summed E-state index contributed by atoms with van der Waals surface area (Å²) in [7, 11) is 0. The van der Waals surface area contributed by atoms with E-state index in [0.717, 1.165) is 5.92 Å². The average Bonchev–Trinajstić information content (AvgIpc) is 2.07. The zero-order chi connectivity index (χ0) is 6.32. The van der Waals surface area contributed by atoms with Crippen molar-refractivity contribution in [3.63, 3.8) is 0 Å². The number of hydrogen-bond acceptors (Lipinski definition) is 1. The predicted octanol–water partition coefficient (Wildman–Crippen LogP) is 1.54. The Kier molecular flexibility index (Phi) is 1.10. The molecule has 1 nitrogen and oxygen atoms in total. The molecule has 1 N–H and O–H groups in total. The van der Waals surface area contributed by atoms with Crippen molar-refractivity contribution in [2.45, 2.75) is 38.1 Å². The third kappa shape index (κ3) is 0.877. The highest BCUT2D eigenvalue weighted by atomic mass is 15.0. The van der Waals surface area contributed by atoms with E-state index in [4.69, 9.17) is 0 Å². The monoisotopic (exact) mass is 125 g/mol. The minimum absolute atomic E-state index is 0.545. The summed E-state index contributed by atoms with van der Waals surface area (Å²) in [5.74, 6) is 1.02. The first-order valence-corrected chi connectivity index (χ1v) is 4.04. The predicted molar refractivity (Wildman–Crippen MR) is 38.4 cm³/mol. The SMILES string of the molecule is C[C@]12CCC[C@H](CN1)C2. The summed E-state index contributed by atoms with van der Waals surface area (Å²) in [6, 6.07) is 0. The summed E-state index contributed by atoms with van der Waals surface area (Å²) in [6.45, 7) is 3.66. The van der Waals surface area contributed by atoms with Crippen LogP contribution in [0.4, 0.5) is 0 Å². The van der Waals surface area contributed by atoms with Gasteiger partial charge in [-0.25, -0.2) is 0 Å². The Morgan fingerprint density at radius 3 is 3.11 bits per heavy atom. The molecule has 2 aliphatic rings. The van der Waals surface area contributed by atoms with Crippen molar-refractivity contribution < 1.29 is 0 Å². The third-order valence-corrected chi connectivity index (χ3v) is 2.90. The number of nitrogens with one attached hydrogen (secondary N) is 1. The van der Waals surface area contributed by atoms with Gasteiger partial charge in [-0.05, 0) is 38.6 Å². The van der Waals surface area contributed by atoms with Crippen LogP contribution in [0.5, 0.6) is 0 Å². The highest BCUT2D eigenvalue weighted by molar-refractivity contribution is 4.96. The second-order valence-electron chi connectivity index (χ2n) is 3.90. The van der Waals surface area contributed by atoms with Gasteiger partial charge >= 0.3 is 0 Å². The maximum absolute atomic E-state index is 3.59. The maximum atomic E-state index is 3.59. The average molecular weight is 125 g/mol. The summed E-state index contributed by atoms with van der Waals surface area (Å²) in [4.78, 5) is 0. The lowest BCUT2D eigenvalue weighted by Crippen LogP contribution is -2.36. The molecule has 1 saturated carbocycles. The van der Waals surface area contributed by atoms with Crippen LogP contribution in [0, 0.1) is 5.92 Å². The van der Waals surface area contributed by atoms with Crippen molar-refractivity contribution >= 4 is 0 Å². The molecule has 52 valence electrons. The molecule has 2 bridgehead atoms. The van der Waals surface area contributed by atoms with Gasteiger partial charge in [0.25, 0.3) is 0 Å². The zero-order valence-electron chi connectivity index (χ0n) is 6.11. The van der Waals surface area contributed by atoms with Crippen molar-refractivity contribution in [1.29, 1.82) is 0 Å². The number of hydrogen-bond donors (Lipinski definition) is 1. The van der Waals surface area contributed by atoms with Gasteiger partial charge in [-0.1, -0.05) is 6.42 Å². The van der Waals surface area contributed by atoms with Gasteiger partial charge in [0, 0.05) is 5.54 Å². The molecule has 1 aliphatic heterocycles. The van der Waals surface area contributed by atoms with Gasteiger partial charge < -0.3 is 5.32 Å². The van der Waals surface area contributed by atoms with Crippen LogP contribution in [0.1, 0.15) is 32.6 Å². The first-order valence-electron chi connectivity index (χ1n) is 4.04. The van der Waals surface area contributed by atoms with E-state index in [9.17, 15) is 0 Å². The number of fused-ring (bicyclic) bond motifs is 2. The Morgan fingerprint density at radius 1 is 1.56 bits per heavy atom. The van der Waals surface area contributed by atoms with Gasteiger partial charge in [0.05, 0.1) is 0 Å². The Morgan fingerprint density at radius 2 is 2.44 bits per heavy atom. The Labute approximate surface area is 56.8 Å². The van der Waals surface area contributed by atoms with Gasteiger partial charge in [0.1, 0.15) is 0 Å². The fourth-order valence-electron chi connectivity index (χ4n) is 2.35. The van der Waals surface area contributed by atoms with Crippen molar-refractivity contribution in [3.8, 4) is 0 Å². The van der Waals surface area contributed by atoms with E-state index < -0.39 is 0 Å². The smallest absolute Gasteiger partial charge is 0.0156 e. The fraction of sp³-hybridized carbons (Fsp3) is 1.00. The standard InChI is InChI=1S/C8H15N/c1-8-4-2-3-7(5-8)6-9-8/h7,9H,2-6H2,1H3/t7-,8+/m0/s1. The van der Waals surface area contributed by atoms with E-state index in [2.05, 4.69) is 12.2 Å². The van der Waals surface area contributed by atoms with Crippen LogP contribution in [0.25, 0.3) is 0 Å². The second kappa shape index (κ2) is 1.72. The molecule has 1 heterocycles. The molecular weight excluding hydrogens is 110 g/mol. The fourth-order valence-corrected chi connectivity index (χ4v) is 2.35. The molecular formula is C8H15N. The van der Waals surface area contributed by atoms with Crippen LogP contribution >= 0.6 is 0 Å². The van der Waals surface area contributed by atoms with E-state index in [0.29, 0.717) is 5.54 Å². The molecule has 1 aliphatic carbocycles. The van der Waals surface area contributed by atoms with Crippen molar-refractivity contribution in [3.05, 3.63) is 0 Å².